The van der Waals surface area contributed by atoms with Gasteiger partial charge < -0.3 is 5.32 Å². The molecule has 1 heterocycles. The van der Waals surface area contributed by atoms with Crippen LogP contribution in [0.1, 0.15) is 49.7 Å². The molecule has 164 valence electrons. The van der Waals surface area contributed by atoms with Crippen LogP contribution in [0.4, 0.5) is 5.69 Å². The van der Waals surface area contributed by atoms with E-state index in [1.807, 2.05) is 24.3 Å². The zero-order valence-corrected chi connectivity index (χ0v) is 18.2. The van der Waals surface area contributed by atoms with Crippen molar-refractivity contribution in [1.29, 1.82) is 0 Å². The summed E-state index contributed by atoms with van der Waals surface area (Å²) < 4.78 is 4.62. The summed E-state index contributed by atoms with van der Waals surface area (Å²) in [6, 6.07) is 16.4. The number of aryl methyl sites for hydroxylation is 1. The lowest BCUT2D eigenvalue weighted by Crippen LogP contribution is -2.57. The van der Waals surface area contributed by atoms with E-state index in [0.29, 0.717) is 23.2 Å². The average Bonchev–Trinajstić information content (AvgIpc) is 3.20. The molecule has 4 aliphatic carbocycles. The molecule has 6 nitrogen and oxygen atoms in total. The first kappa shape index (κ1) is 19.5. The van der Waals surface area contributed by atoms with Gasteiger partial charge in [0.2, 0.25) is 5.91 Å². The van der Waals surface area contributed by atoms with E-state index < -0.39 is 5.76 Å². The van der Waals surface area contributed by atoms with Gasteiger partial charge in [0.1, 0.15) is 0 Å². The Labute approximate surface area is 186 Å². The maximum Gasteiger partial charge on any atom is 0.439 e. The largest absolute Gasteiger partial charge is 0.439 e. The normalized spacial score (nSPS) is 30.4. The number of benzene rings is 2. The van der Waals surface area contributed by atoms with Crippen LogP contribution < -0.4 is 11.1 Å². The number of nitrogens with zero attached hydrogens (tertiary/aromatic N) is 1. The van der Waals surface area contributed by atoms with E-state index in [1.165, 1.54) is 30.4 Å². The Bertz CT molecular complexity index is 1230. The van der Waals surface area contributed by atoms with Gasteiger partial charge in [-0.1, -0.05) is 47.1 Å². The minimum absolute atomic E-state index is 0.122. The molecular formula is C26H27N3O3. The van der Waals surface area contributed by atoms with E-state index in [0.717, 1.165) is 24.9 Å². The summed E-state index contributed by atoms with van der Waals surface area (Å²) in [4.78, 5) is 27.6. The lowest BCUT2D eigenvalue weighted by molar-refractivity contribution is -0.143. The third-order valence-corrected chi connectivity index (χ3v) is 8.04. The molecule has 6 heteroatoms. The summed E-state index contributed by atoms with van der Waals surface area (Å²) in [5.41, 5.74) is 3.92. The Balaban J connectivity index is 1.29. The number of carbonyl (C=O) groups is 1. The lowest BCUT2D eigenvalue weighted by Gasteiger charge is -2.61. The zero-order chi connectivity index (χ0) is 21.9. The molecule has 1 amide bonds. The van der Waals surface area contributed by atoms with Gasteiger partial charge in [0.15, 0.2) is 5.82 Å². The molecule has 3 aromatic rings. The van der Waals surface area contributed by atoms with Gasteiger partial charge in [-0.2, -0.15) is 0 Å². The number of aromatic amines is 1. The van der Waals surface area contributed by atoms with Crippen LogP contribution in [0.3, 0.4) is 0 Å². The van der Waals surface area contributed by atoms with Crippen LogP contribution in [0.15, 0.2) is 57.8 Å². The Hall–Kier alpha value is -3.15. The minimum atomic E-state index is -0.593. The zero-order valence-electron chi connectivity index (χ0n) is 18.2. The molecule has 4 aliphatic rings. The monoisotopic (exact) mass is 429 g/mol. The molecule has 0 radical (unpaired) electrons. The summed E-state index contributed by atoms with van der Waals surface area (Å²) in [7, 11) is 0. The third-order valence-electron chi connectivity index (χ3n) is 8.04. The van der Waals surface area contributed by atoms with Gasteiger partial charge in [0.25, 0.3) is 0 Å². The fourth-order valence-corrected chi connectivity index (χ4v) is 7.14. The van der Waals surface area contributed by atoms with E-state index in [-0.39, 0.29) is 16.7 Å². The quantitative estimate of drug-likeness (QED) is 0.623. The molecule has 0 saturated heterocycles. The van der Waals surface area contributed by atoms with Crippen molar-refractivity contribution in [3.05, 3.63) is 70.2 Å². The molecule has 2 atom stereocenters. The Kier molecular flexibility index (Phi) is 4.23. The molecule has 0 spiro atoms. The van der Waals surface area contributed by atoms with Crippen LogP contribution in [0, 0.1) is 24.2 Å². The predicted molar refractivity (Wildman–Crippen MR) is 121 cm³/mol. The van der Waals surface area contributed by atoms with Gasteiger partial charge in [0.05, 0.1) is 5.41 Å². The molecule has 2 N–H and O–H groups in total. The number of hydrogen-bond donors (Lipinski definition) is 2. The van der Waals surface area contributed by atoms with E-state index in [1.54, 1.807) is 0 Å². The van der Waals surface area contributed by atoms with Crippen LogP contribution in [0.5, 0.6) is 0 Å². The molecule has 4 bridgehead atoms. The van der Waals surface area contributed by atoms with Crippen molar-refractivity contribution in [2.45, 2.75) is 50.9 Å². The van der Waals surface area contributed by atoms with Crippen molar-refractivity contribution < 1.29 is 9.32 Å². The molecule has 0 aliphatic heterocycles. The second-order valence-corrected chi connectivity index (χ2v) is 10.4. The van der Waals surface area contributed by atoms with Crippen LogP contribution in [0.2, 0.25) is 0 Å². The highest BCUT2D eigenvalue weighted by atomic mass is 16.5. The third kappa shape index (κ3) is 3.12. The number of aromatic nitrogens is 2. The second kappa shape index (κ2) is 6.92. The summed E-state index contributed by atoms with van der Waals surface area (Å²) in [5, 5.41) is 6.96. The highest BCUT2D eigenvalue weighted by Gasteiger charge is 2.60. The Morgan fingerprint density at radius 2 is 1.84 bits per heavy atom. The van der Waals surface area contributed by atoms with E-state index in [9.17, 15) is 9.59 Å². The highest BCUT2D eigenvalue weighted by molar-refractivity contribution is 5.96. The fraction of sp³-hybridized carbons (Fsp3) is 0.423. The molecule has 2 unspecified atom stereocenters. The van der Waals surface area contributed by atoms with Crippen molar-refractivity contribution in [3.8, 4) is 11.4 Å². The molecule has 1 aromatic heterocycles. The number of H-pyrrole nitrogens is 1. The maximum absolute atomic E-state index is 13.7. The average molecular weight is 430 g/mol. The van der Waals surface area contributed by atoms with Gasteiger partial charge in [-0.3, -0.25) is 14.3 Å². The van der Waals surface area contributed by atoms with Crippen molar-refractivity contribution >= 4 is 11.6 Å². The molecular weight excluding hydrogens is 402 g/mol. The van der Waals surface area contributed by atoms with Crippen molar-refractivity contribution in [1.82, 2.24) is 10.1 Å². The topological polar surface area (TPSA) is 88.0 Å². The van der Waals surface area contributed by atoms with E-state index >= 15 is 0 Å². The smallest absolute Gasteiger partial charge is 0.326 e. The molecule has 32 heavy (non-hydrogen) atoms. The van der Waals surface area contributed by atoms with Crippen LogP contribution in [0.25, 0.3) is 11.4 Å². The Morgan fingerprint density at radius 1 is 1.09 bits per heavy atom. The first-order valence-corrected chi connectivity index (χ1v) is 11.5. The van der Waals surface area contributed by atoms with Gasteiger partial charge in [-0.05, 0) is 80.4 Å². The second-order valence-electron chi connectivity index (χ2n) is 10.4. The highest BCUT2D eigenvalue weighted by Crippen LogP contribution is 2.66. The first-order chi connectivity index (χ1) is 15.4. The number of rotatable bonds is 4. The molecule has 4 saturated carbocycles. The summed E-state index contributed by atoms with van der Waals surface area (Å²) in [5.74, 6) is 1.14. The number of amides is 1. The van der Waals surface area contributed by atoms with Crippen LogP contribution >= 0.6 is 0 Å². The van der Waals surface area contributed by atoms with Crippen molar-refractivity contribution in [2.24, 2.45) is 17.3 Å². The summed E-state index contributed by atoms with van der Waals surface area (Å²) >= 11 is 0. The fourth-order valence-electron chi connectivity index (χ4n) is 7.14. The number of nitrogens with one attached hydrogen (secondary N) is 2. The number of carbonyl (C=O) groups excluding carboxylic acids is 1. The van der Waals surface area contributed by atoms with E-state index in [2.05, 4.69) is 51.2 Å². The number of hydrogen-bond acceptors (Lipinski definition) is 4. The SMILES string of the molecule is Cc1ccc(C23CC4CC(CC(C(=O)Nc5cccc(-c6noc(=O)[nH]6)c5)(C4)C2)C3)cc1. The maximum atomic E-state index is 13.7. The van der Waals surface area contributed by atoms with Gasteiger partial charge >= 0.3 is 5.76 Å². The molecule has 2 aromatic carbocycles. The van der Waals surface area contributed by atoms with Gasteiger partial charge in [-0.15, -0.1) is 0 Å². The van der Waals surface area contributed by atoms with E-state index in [4.69, 9.17) is 0 Å². The Morgan fingerprint density at radius 3 is 2.53 bits per heavy atom. The van der Waals surface area contributed by atoms with Crippen LogP contribution in [-0.2, 0) is 10.2 Å². The minimum Gasteiger partial charge on any atom is -0.326 e. The predicted octanol–water partition coefficient (Wildman–Crippen LogP) is 4.82. The molecule has 7 rings (SSSR count). The van der Waals surface area contributed by atoms with Crippen molar-refractivity contribution in [2.75, 3.05) is 5.32 Å². The molecule has 4 fully saturated rings. The van der Waals surface area contributed by atoms with Crippen molar-refractivity contribution in [3.63, 3.8) is 0 Å². The summed E-state index contributed by atoms with van der Waals surface area (Å²) in [6.45, 7) is 2.13. The lowest BCUT2D eigenvalue weighted by atomic mass is 9.42. The first-order valence-electron chi connectivity index (χ1n) is 11.5. The van der Waals surface area contributed by atoms with Gasteiger partial charge in [0, 0.05) is 11.3 Å². The standard InChI is InChI=1S/C26H27N3O3/c1-16-5-7-20(8-6-16)25-11-17-9-18(12-25)14-26(13-17,15-25)23(30)27-21-4-2-3-19(10-21)22-28-24(31)32-29-22/h2-8,10,17-18H,9,11-15H2,1H3,(H,27,30)(H,28,29,31). The van der Waals surface area contributed by atoms with Gasteiger partial charge in [-0.25, -0.2) is 4.79 Å². The van der Waals surface area contributed by atoms with Crippen LogP contribution in [-0.4, -0.2) is 16.0 Å². The summed E-state index contributed by atoms with van der Waals surface area (Å²) in [6.07, 6.45) is 6.57. The number of anilines is 1.